The second kappa shape index (κ2) is 11.8. The number of unbranched alkanes of at least 4 members (excludes halogenated alkanes) is 2. The summed E-state index contributed by atoms with van der Waals surface area (Å²) >= 11 is 0. The molecule has 0 aromatic heterocycles. The van der Waals surface area contributed by atoms with Gasteiger partial charge < -0.3 is 10.2 Å². The van der Waals surface area contributed by atoms with E-state index in [1.807, 2.05) is 72.8 Å². The van der Waals surface area contributed by atoms with Gasteiger partial charge in [-0.15, -0.1) is 0 Å². The highest BCUT2D eigenvalue weighted by molar-refractivity contribution is 5.75. The van der Waals surface area contributed by atoms with Crippen molar-refractivity contribution in [2.45, 2.75) is 51.9 Å². The molecule has 0 saturated carbocycles. The zero-order chi connectivity index (χ0) is 28.1. The number of hydrogen-bond acceptors (Lipinski definition) is 2. The number of aryl methyl sites for hydroxylation is 2. The molecule has 2 nitrogen and oxygen atoms in total. The lowest BCUT2D eigenvalue weighted by Crippen LogP contribution is -2.31. The van der Waals surface area contributed by atoms with Crippen LogP contribution in [0, 0.1) is 13.8 Å². The molecule has 0 amide bonds. The SMILES string of the molecule is CCCCCC(c1ccc(O)c(-c2ccccc2)c1)(c1ccc(O)c(-c2ccccc2)c1)c1ccc(C)cc1C. The quantitative estimate of drug-likeness (QED) is 0.148. The first kappa shape index (κ1) is 27.3. The van der Waals surface area contributed by atoms with Gasteiger partial charge in [0.05, 0.1) is 0 Å². The molecular formula is C38H38O2. The second-order valence-electron chi connectivity index (χ2n) is 10.9. The largest absolute Gasteiger partial charge is 0.507 e. The van der Waals surface area contributed by atoms with Gasteiger partial charge in [0, 0.05) is 16.5 Å². The molecule has 0 atom stereocenters. The van der Waals surface area contributed by atoms with Crippen molar-refractivity contribution in [2.24, 2.45) is 0 Å². The smallest absolute Gasteiger partial charge is 0.123 e. The van der Waals surface area contributed by atoms with Crippen LogP contribution in [0.25, 0.3) is 22.3 Å². The first-order valence-corrected chi connectivity index (χ1v) is 14.3. The van der Waals surface area contributed by atoms with Crippen molar-refractivity contribution in [3.05, 3.63) is 143 Å². The van der Waals surface area contributed by atoms with Crippen LogP contribution < -0.4 is 0 Å². The predicted molar refractivity (Wildman–Crippen MR) is 167 cm³/mol. The summed E-state index contributed by atoms with van der Waals surface area (Å²) in [6.07, 6.45) is 4.20. The molecule has 2 N–H and O–H groups in total. The highest BCUT2D eigenvalue weighted by Gasteiger charge is 2.38. The molecule has 5 aromatic carbocycles. The van der Waals surface area contributed by atoms with Crippen LogP contribution >= 0.6 is 0 Å². The van der Waals surface area contributed by atoms with Crippen LogP contribution in [0.1, 0.15) is 60.4 Å². The number of phenolic OH excluding ortho intramolecular Hbond substituents is 2. The summed E-state index contributed by atoms with van der Waals surface area (Å²) in [7, 11) is 0. The fourth-order valence-electron chi connectivity index (χ4n) is 6.13. The van der Waals surface area contributed by atoms with Crippen LogP contribution in [0.3, 0.4) is 0 Å². The molecule has 40 heavy (non-hydrogen) atoms. The Labute approximate surface area is 238 Å². The Balaban J connectivity index is 1.84. The Bertz CT molecular complexity index is 1500. The van der Waals surface area contributed by atoms with Gasteiger partial charge in [0.25, 0.3) is 0 Å². The number of aromatic hydroxyl groups is 2. The van der Waals surface area contributed by atoms with Crippen molar-refractivity contribution < 1.29 is 10.2 Å². The van der Waals surface area contributed by atoms with Gasteiger partial charge in [0.2, 0.25) is 0 Å². The van der Waals surface area contributed by atoms with E-state index in [4.69, 9.17) is 0 Å². The summed E-state index contributed by atoms with van der Waals surface area (Å²) in [5.41, 5.74) is 9.13. The van der Waals surface area contributed by atoms with E-state index in [0.29, 0.717) is 0 Å². The number of phenols is 2. The monoisotopic (exact) mass is 526 g/mol. The third-order valence-electron chi connectivity index (χ3n) is 8.15. The number of hydrogen-bond donors (Lipinski definition) is 2. The topological polar surface area (TPSA) is 40.5 Å². The van der Waals surface area contributed by atoms with Crippen molar-refractivity contribution in [3.63, 3.8) is 0 Å². The van der Waals surface area contributed by atoms with Gasteiger partial charge in [-0.1, -0.05) is 123 Å². The van der Waals surface area contributed by atoms with Crippen LogP contribution in [0.15, 0.2) is 115 Å². The Kier molecular flexibility index (Phi) is 8.07. The Morgan fingerprint density at radius 1 is 0.575 bits per heavy atom. The molecule has 0 saturated heterocycles. The standard InChI is InChI=1S/C38H38O2/c1-4-5-12-23-38(35-20-17-27(2)24-28(35)3,31-18-21-36(39)33(25-31)29-13-8-6-9-14-29)32-19-22-37(40)34(26-32)30-15-10-7-11-16-30/h6-11,13-22,24-26,39-40H,4-5,12,23H2,1-3H3. The van der Waals surface area contributed by atoms with Gasteiger partial charge in [-0.25, -0.2) is 0 Å². The minimum Gasteiger partial charge on any atom is -0.507 e. The van der Waals surface area contributed by atoms with Crippen LogP contribution in [-0.2, 0) is 5.41 Å². The van der Waals surface area contributed by atoms with Gasteiger partial charge >= 0.3 is 0 Å². The summed E-state index contributed by atoms with van der Waals surface area (Å²) in [5.74, 6) is 0.544. The number of rotatable bonds is 9. The Morgan fingerprint density at radius 2 is 1.10 bits per heavy atom. The van der Waals surface area contributed by atoms with Gasteiger partial charge in [-0.05, 0) is 77.9 Å². The van der Waals surface area contributed by atoms with Crippen molar-refractivity contribution in [1.29, 1.82) is 0 Å². The first-order valence-electron chi connectivity index (χ1n) is 14.3. The molecule has 2 heteroatoms. The summed E-state index contributed by atoms with van der Waals surface area (Å²) in [4.78, 5) is 0. The Hall–Kier alpha value is -4.30. The molecule has 5 aromatic rings. The van der Waals surface area contributed by atoms with Crippen LogP contribution in [0.4, 0.5) is 0 Å². The fourth-order valence-corrected chi connectivity index (χ4v) is 6.13. The van der Waals surface area contributed by atoms with Crippen LogP contribution in [0.5, 0.6) is 11.5 Å². The highest BCUT2D eigenvalue weighted by Crippen LogP contribution is 2.48. The summed E-state index contributed by atoms with van der Waals surface area (Å²) < 4.78 is 0. The predicted octanol–water partition coefficient (Wildman–Crippen LogP) is 9.96. The molecule has 0 radical (unpaired) electrons. The average Bonchev–Trinajstić information content (AvgIpc) is 2.97. The maximum absolute atomic E-state index is 11.0. The van der Waals surface area contributed by atoms with Gasteiger partial charge in [0.15, 0.2) is 0 Å². The molecule has 0 aliphatic carbocycles. The maximum Gasteiger partial charge on any atom is 0.123 e. The third kappa shape index (κ3) is 5.27. The minimum absolute atomic E-state index is 0.272. The van der Waals surface area contributed by atoms with E-state index in [-0.39, 0.29) is 11.5 Å². The lowest BCUT2D eigenvalue weighted by Gasteiger charge is -2.38. The molecule has 0 spiro atoms. The molecule has 0 fully saturated rings. The molecular weight excluding hydrogens is 488 g/mol. The van der Waals surface area contributed by atoms with Crippen molar-refractivity contribution in [1.82, 2.24) is 0 Å². The third-order valence-corrected chi connectivity index (χ3v) is 8.15. The molecule has 0 bridgehead atoms. The van der Waals surface area contributed by atoms with E-state index in [2.05, 4.69) is 63.2 Å². The molecule has 0 aliphatic heterocycles. The van der Waals surface area contributed by atoms with Crippen molar-refractivity contribution in [3.8, 4) is 33.8 Å². The lowest BCUT2D eigenvalue weighted by atomic mass is 9.64. The lowest BCUT2D eigenvalue weighted by molar-refractivity contribution is 0.473. The zero-order valence-corrected chi connectivity index (χ0v) is 23.7. The maximum atomic E-state index is 11.0. The molecule has 5 rings (SSSR count). The summed E-state index contributed by atoms with van der Waals surface area (Å²) in [5, 5.41) is 22.0. The van der Waals surface area contributed by atoms with Gasteiger partial charge in [0.1, 0.15) is 11.5 Å². The van der Waals surface area contributed by atoms with Gasteiger partial charge in [-0.2, -0.15) is 0 Å². The summed E-state index contributed by atoms with van der Waals surface area (Å²) in [6.45, 7) is 6.58. The van der Waals surface area contributed by atoms with Gasteiger partial charge in [-0.3, -0.25) is 0 Å². The van der Waals surface area contributed by atoms with E-state index >= 15 is 0 Å². The van der Waals surface area contributed by atoms with E-state index in [1.165, 1.54) is 16.7 Å². The highest BCUT2D eigenvalue weighted by atomic mass is 16.3. The van der Waals surface area contributed by atoms with E-state index in [9.17, 15) is 10.2 Å². The average molecular weight is 527 g/mol. The number of benzene rings is 5. The van der Waals surface area contributed by atoms with Crippen LogP contribution in [-0.4, -0.2) is 10.2 Å². The van der Waals surface area contributed by atoms with E-state index in [0.717, 1.165) is 59.1 Å². The van der Waals surface area contributed by atoms with Crippen molar-refractivity contribution in [2.75, 3.05) is 0 Å². The Morgan fingerprint density at radius 3 is 1.57 bits per heavy atom. The second-order valence-corrected chi connectivity index (χ2v) is 10.9. The normalized spacial score (nSPS) is 11.5. The summed E-state index contributed by atoms with van der Waals surface area (Å²) in [6, 6.07) is 39.1. The first-order chi connectivity index (χ1) is 19.4. The minimum atomic E-state index is -0.485. The van der Waals surface area contributed by atoms with E-state index in [1.54, 1.807) is 0 Å². The fraction of sp³-hybridized carbons (Fsp3) is 0.211. The zero-order valence-electron chi connectivity index (χ0n) is 23.7. The molecule has 0 heterocycles. The molecule has 202 valence electrons. The van der Waals surface area contributed by atoms with Crippen LogP contribution in [0.2, 0.25) is 0 Å². The molecule has 0 aliphatic rings. The van der Waals surface area contributed by atoms with E-state index < -0.39 is 5.41 Å². The molecule has 0 unspecified atom stereocenters. The van der Waals surface area contributed by atoms with Crippen molar-refractivity contribution >= 4 is 0 Å².